The minimum Gasteiger partial charge on any atom is -0.360 e. The Kier molecular flexibility index (Phi) is 4.13. The second kappa shape index (κ2) is 6.63. The summed E-state index contributed by atoms with van der Waals surface area (Å²) >= 11 is 1.87. The molecule has 1 aliphatic carbocycles. The first-order valence-electron chi connectivity index (χ1n) is 9.42. The van der Waals surface area contributed by atoms with Gasteiger partial charge in [0.1, 0.15) is 17.0 Å². The Morgan fingerprint density at radius 3 is 2.77 bits per heavy atom. The largest absolute Gasteiger partial charge is 0.360 e. The van der Waals surface area contributed by atoms with Gasteiger partial charge in [0.25, 0.3) is 0 Å². The summed E-state index contributed by atoms with van der Waals surface area (Å²) in [6.07, 6.45) is 6.73. The second-order valence-corrected chi connectivity index (χ2v) is 8.37. The average molecular weight is 369 g/mol. The molecule has 0 N–H and O–H groups in total. The molecule has 0 saturated carbocycles. The first kappa shape index (κ1) is 16.2. The van der Waals surface area contributed by atoms with E-state index in [1.54, 1.807) is 6.33 Å². The zero-order valence-electron chi connectivity index (χ0n) is 15.1. The molecule has 7 heteroatoms. The van der Waals surface area contributed by atoms with E-state index in [9.17, 15) is 0 Å². The van der Waals surface area contributed by atoms with Crippen LogP contribution in [-0.2, 0) is 19.4 Å². The SMILES string of the molecule is Cc1cc(CN2CCN(c3ncnc4sc5c(c34)CCCC5)CC2)on1. The highest BCUT2D eigenvalue weighted by molar-refractivity contribution is 7.19. The van der Waals surface area contributed by atoms with Gasteiger partial charge in [0, 0.05) is 37.1 Å². The van der Waals surface area contributed by atoms with E-state index >= 15 is 0 Å². The minimum absolute atomic E-state index is 0.835. The van der Waals surface area contributed by atoms with Crippen LogP contribution < -0.4 is 4.90 Å². The van der Waals surface area contributed by atoms with E-state index in [1.165, 1.54) is 46.3 Å². The zero-order chi connectivity index (χ0) is 17.5. The van der Waals surface area contributed by atoms with Crippen molar-refractivity contribution in [1.82, 2.24) is 20.0 Å². The molecule has 4 heterocycles. The number of hydrogen-bond donors (Lipinski definition) is 0. The number of aromatic nitrogens is 3. The van der Waals surface area contributed by atoms with E-state index in [-0.39, 0.29) is 0 Å². The molecule has 0 radical (unpaired) electrons. The molecular formula is C19H23N5OS. The maximum atomic E-state index is 5.36. The third-order valence-electron chi connectivity index (χ3n) is 5.46. The fourth-order valence-corrected chi connectivity index (χ4v) is 5.37. The lowest BCUT2D eigenvalue weighted by Crippen LogP contribution is -2.46. The summed E-state index contributed by atoms with van der Waals surface area (Å²) in [5.41, 5.74) is 2.47. The molecule has 0 unspecified atom stereocenters. The summed E-state index contributed by atoms with van der Waals surface area (Å²) in [7, 11) is 0. The molecule has 1 fully saturated rings. The second-order valence-electron chi connectivity index (χ2n) is 7.29. The fourth-order valence-electron chi connectivity index (χ4n) is 4.14. The first-order chi connectivity index (χ1) is 12.8. The number of fused-ring (bicyclic) bond motifs is 3. The van der Waals surface area contributed by atoms with Gasteiger partial charge in [-0.2, -0.15) is 0 Å². The third-order valence-corrected chi connectivity index (χ3v) is 6.66. The minimum atomic E-state index is 0.835. The summed E-state index contributed by atoms with van der Waals surface area (Å²) in [5.74, 6) is 2.09. The Morgan fingerprint density at radius 1 is 1.12 bits per heavy atom. The van der Waals surface area contributed by atoms with Crippen LogP contribution in [0.4, 0.5) is 5.82 Å². The molecule has 26 heavy (non-hydrogen) atoms. The van der Waals surface area contributed by atoms with Crippen LogP contribution in [0.5, 0.6) is 0 Å². The van der Waals surface area contributed by atoms with Crippen molar-refractivity contribution in [2.75, 3.05) is 31.1 Å². The third kappa shape index (κ3) is 2.89. The van der Waals surface area contributed by atoms with E-state index in [1.807, 2.05) is 24.3 Å². The van der Waals surface area contributed by atoms with Gasteiger partial charge in [0.15, 0.2) is 5.76 Å². The molecule has 2 aliphatic rings. The van der Waals surface area contributed by atoms with Crippen LogP contribution in [0.1, 0.15) is 34.7 Å². The highest BCUT2D eigenvalue weighted by Crippen LogP contribution is 2.39. The Balaban J connectivity index is 1.36. The smallest absolute Gasteiger partial charge is 0.150 e. The van der Waals surface area contributed by atoms with Crippen molar-refractivity contribution in [1.29, 1.82) is 0 Å². The molecule has 6 nitrogen and oxygen atoms in total. The molecule has 3 aromatic rings. The van der Waals surface area contributed by atoms with Crippen molar-refractivity contribution >= 4 is 27.4 Å². The van der Waals surface area contributed by atoms with Crippen molar-refractivity contribution < 1.29 is 4.52 Å². The molecule has 0 aromatic carbocycles. The molecule has 0 bridgehead atoms. The van der Waals surface area contributed by atoms with E-state index in [0.717, 1.165) is 50.0 Å². The quantitative estimate of drug-likeness (QED) is 0.707. The van der Waals surface area contributed by atoms with Crippen molar-refractivity contribution in [3.63, 3.8) is 0 Å². The van der Waals surface area contributed by atoms with E-state index in [0.29, 0.717) is 0 Å². The van der Waals surface area contributed by atoms with Crippen LogP contribution >= 0.6 is 11.3 Å². The summed E-state index contributed by atoms with van der Waals surface area (Å²) in [6.45, 7) is 6.80. The first-order valence-corrected chi connectivity index (χ1v) is 10.2. The Bertz CT molecular complexity index is 925. The molecule has 0 amide bonds. The van der Waals surface area contributed by atoms with E-state index in [4.69, 9.17) is 9.51 Å². The molecular weight excluding hydrogens is 346 g/mol. The monoisotopic (exact) mass is 369 g/mol. The maximum Gasteiger partial charge on any atom is 0.150 e. The molecule has 0 spiro atoms. The number of aryl methyl sites for hydroxylation is 3. The van der Waals surface area contributed by atoms with Gasteiger partial charge in [-0.15, -0.1) is 11.3 Å². The molecule has 0 atom stereocenters. The Morgan fingerprint density at radius 2 is 1.96 bits per heavy atom. The van der Waals surface area contributed by atoms with Gasteiger partial charge < -0.3 is 9.42 Å². The van der Waals surface area contributed by atoms with Gasteiger partial charge in [0.05, 0.1) is 17.6 Å². The molecule has 1 aliphatic heterocycles. The van der Waals surface area contributed by atoms with Crippen molar-refractivity contribution in [2.24, 2.45) is 0 Å². The topological polar surface area (TPSA) is 58.3 Å². The van der Waals surface area contributed by atoms with Crippen LogP contribution in [0.2, 0.25) is 0 Å². The predicted octanol–water partition coefficient (Wildman–Crippen LogP) is 3.19. The summed E-state index contributed by atoms with van der Waals surface area (Å²) < 4.78 is 5.36. The normalized spacial score (nSPS) is 18.4. The number of anilines is 1. The summed E-state index contributed by atoms with van der Waals surface area (Å²) in [6, 6.07) is 2.03. The van der Waals surface area contributed by atoms with Gasteiger partial charge in [0.2, 0.25) is 0 Å². The maximum absolute atomic E-state index is 5.36. The van der Waals surface area contributed by atoms with Crippen molar-refractivity contribution in [3.05, 3.63) is 34.3 Å². The number of nitrogens with zero attached hydrogens (tertiary/aromatic N) is 5. The lowest BCUT2D eigenvalue weighted by atomic mass is 9.97. The van der Waals surface area contributed by atoms with Crippen molar-refractivity contribution in [3.8, 4) is 0 Å². The standard InChI is InChI=1S/C19H23N5OS/c1-13-10-14(25-22-13)11-23-6-8-24(9-7-23)18-17-15-4-2-3-5-16(15)26-19(17)21-12-20-18/h10,12H,2-9,11H2,1H3. The van der Waals surface area contributed by atoms with Gasteiger partial charge in [-0.05, 0) is 38.2 Å². The highest BCUT2D eigenvalue weighted by Gasteiger charge is 2.25. The molecule has 136 valence electrons. The van der Waals surface area contributed by atoms with E-state index < -0.39 is 0 Å². The molecule has 3 aromatic heterocycles. The highest BCUT2D eigenvalue weighted by atomic mass is 32.1. The number of thiophene rings is 1. The van der Waals surface area contributed by atoms with Crippen LogP contribution in [0.15, 0.2) is 16.9 Å². The van der Waals surface area contributed by atoms with Crippen LogP contribution in [-0.4, -0.2) is 46.2 Å². The predicted molar refractivity (Wildman–Crippen MR) is 103 cm³/mol. The van der Waals surface area contributed by atoms with Crippen LogP contribution in [0.3, 0.4) is 0 Å². The fraction of sp³-hybridized carbons (Fsp3) is 0.526. The molecule has 5 rings (SSSR count). The van der Waals surface area contributed by atoms with Gasteiger partial charge in [-0.25, -0.2) is 9.97 Å². The van der Waals surface area contributed by atoms with E-state index in [2.05, 4.69) is 19.9 Å². The van der Waals surface area contributed by atoms with Gasteiger partial charge in [-0.1, -0.05) is 5.16 Å². The Hall–Kier alpha value is -1.99. The lowest BCUT2D eigenvalue weighted by molar-refractivity contribution is 0.219. The number of hydrogen-bond acceptors (Lipinski definition) is 7. The summed E-state index contributed by atoms with van der Waals surface area (Å²) in [5, 5.41) is 5.31. The molecule has 1 saturated heterocycles. The Labute approximate surface area is 156 Å². The van der Waals surface area contributed by atoms with Gasteiger partial charge in [-0.3, -0.25) is 4.90 Å². The number of piperazine rings is 1. The number of rotatable bonds is 3. The van der Waals surface area contributed by atoms with Crippen molar-refractivity contribution in [2.45, 2.75) is 39.2 Å². The average Bonchev–Trinajstić information content (AvgIpc) is 3.25. The van der Waals surface area contributed by atoms with Crippen LogP contribution in [0, 0.1) is 6.92 Å². The summed E-state index contributed by atoms with van der Waals surface area (Å²) in [4.78, 5) is 16.8. The zero-order valence-corrected chi connectivity index (χ0v) is 15.9. The van der Waals surface area contributed by atoms with Crippen LogP contribution in [0.25, 0.3) is 10.2 Å². The lowest BCUT2D eigenvalue weighted by Gasteiger charge is -2.35. The van der Waals surface area contributed by atoms with Gasteiger partial charge >= 0.3 is 0 Å².